The fraction of sp³-hybridized carbons (Fsp3) is 1.00. The number of hydrogen-bond acceptors (Lipinski definition) is 1. The monoisotopic (exact) mass is 240 g/mol. The SMILES string of the molecule is CCCCC(CC)CC(O)C1(CC)CCCC1. The van der Waals surface area contributed by atoms with Crippen molar-refractivity contribution in [3.63, 3.8) is 0 Å². The molecule has 1 heteroatoms. The Bertz CT molecular complexity index is 194. The van der Waals surface area contributed by atoms with Crippen LogP contribution in [-0.2, 0) is 0 Å². The van der Waals surface area contributed by atoms with Gasteiger partial charge in [0.1, 0.15) is 0 Å². The largest absolute Gasteiger partial charge is 0.393 e. The predicted molar refractivity (Wildman–Crippen MR) is 75.1 cm³/mol. The van der Waals surface area contributed by atoms with Crippen molar-refractivity contribution in [2.45, 2.75) is 91.1 Å². The van der Waals surface area contributed by atoms with Crippen LogP contribution in [0.3, 0.4) is 0 Å². The van der Waals surface area contributed by atoms with Gasteiger partial charge in [-0.15, -0.1) is 0 Å². The minimum absolute atomic E-state index is 0.0446. The minimum atomic E-state index is -0.0446. The summed E-state index contributed by atoms with van der Waals surface area (Å²) in [4.78, 5) is 0. The average Bonchev–Trinajstić information content (AvgIpc) is 2.84. The van der Waals surface area contributed by atoms with Gasteiger partial charge in [0.15, 0.2) is 0 Å². The molecule has 0 bridgehead atoms. The Labute approximate surface area is 108 Å². The molecule has 0 saturated heterocycles. The van der Waals surface area contributed by atoms with Crippen LogP contribution in [-0.4, -0.2) is 11.2 Å². The zero-order chi connectivity index (χ0) is 12.7. The van der Waals surface area contributed by atoms with Crippen LogP contribution in [0.2, 0.25) is 0 Å². The molecule has 0 spiro atoms. The van der Waals surface area contributed by atoms with Crippen molar-refractivity contribution in [3.8, 4) is 0 Å². The molecule has 1 fully saturated rings. The lowest BCUT2D eigenvalue weighted by atomic mass is 9.74. The van der Waals surface area contributed by atoms with Crippen LogP contribution in [0.1, 0.15) is 85.0 Å². The fourth-order valence-electron chi connectivity index (χ4n) is 3.55. The van der Waals surface area contributed by atoms with Crippen molar-refractivity contribution in [1.29, 1.82) is 0 Å². The second kappa shape index (κ2) is 7.41. The second-order valence-corrected chi connectivity index (χ2v) is 6.09. The van der Waals surface area contributed by atoms with E-state index >= 15 is 0 Å². The Balaban J connectivity index is 2.47. The zero-order valence-corrected chi connectivity index (χ0v) is 12.2. The lowest BCUT2D eigenvalue weighted by Gasteiger charge is -2.35. The smallest absolute Gasteiger partial charge is 0.0599 e. The fourth-order valence-corrected chi connectivity index (χ4v) is 3.55. The van der Waals surface area contributed by atoms with E-state index in [2.05, 4.69) is 20.8 Å². The van der Waals surface area contributed by atoms with Crippen molar-refractivity contribution < 1.29 is 5.11 Å². The van der Waals surface area contributed by atoms with Crippen LogP contribution in [0.4, 0.5) is 0 Å². The summed E-state index contributed by atoms with van der Waals surface area (Å²) in [6.45, 7) is 6.80. The minimum Gasteiger partial charge on any atom is -0.393 e. The van der Waals surface area contributed by atoms with Crippen molar-refractivity contribution >= 4 is 0 Å². The first-order chi connectivity index (χ1) is 8.18. The summed E-state index contributed by atoms with van der Waals surface area (Å²) >= 11 is 0. The van der Waals surface area contributed by atoms with Gasteiger partial charge in [-0.2, -0.15) is 0 Å². The van der Waals surface area contributed by atoms with Gasteiger partial charge in [-0.3, -0.25) is 0 Å². The predicted octanol–water partition coefficient (Wildman–Crippen LogP) is 4.92. The average molecular weight is 240 g/mol. The first kappa shape index (κ1) is 15.0. The highest BCUT2D eigenvalue weighted by atomic mass is 16.3. The van der Waals surface area contributed by atoms with Crippen LogP contribution in [0, 0.1) is 11.3 Å². The molecular formula is C16H32O. The Morgan fingerprint density at radius 3 is 2.24 bits per heavy atom. The summed E-state index contributed by atoms with van der Waals surface area (Å²) in [5.74, 6) is 0.744. The summed E-state index contributed by atoms with van der Waals surface area (Å²) in [5.41, 5.74) is 0.277. The molecule has 0 aromatic rings. The first-order valence-corrected chi connectivity index (χ1v) is 7.86. The van der Waals surface area contributed by atoms with Gasteiger partial charge in [0.25, 0.3) is 0 Å². The molecule has 17 heavy (non-hydrogen) atoms. The Kier molecular flexibility index (Phi) is 6.54. The summed E-state index contributed by atoms with van der Waals surface area (Å²) in [6, 6.07) is 0. The van der Waals surface area contributed by atoms with E-state index in [1.54, 1.807) is 0 Å². The van der Waals surface area contributed by atoms with Gasteiger partial charge >= 0.3 is 0 Å². The van der Waals surface area contributed by atoms with E-state index < -0.39 is 0 Å². The maximum atomic E-state index is 10.6. The lowest BCUT2D eigenvalue weighted by Crippen LogP contribution is -2.33. The Hall–Kier alpha value is -0.0400. The number of unbranched alkanes of at least 4 members (excludes halogenated alkanes) is 1. The molecule has 1 rings (SSSR count). The summed E-state index contributed by atoms with van der Waals surface area (Å²) in [5, 5.41) is 10.6. The molecule has 0 aromatic heterocycles. The topological polar surface area (TPSA) is 20.2 Å². The summed E-state index contributed by atoms with van der Waals surface area (Å²) in [7, 11) is 0. The molecule has 1 N–H and O–H groups in total. The van der Waals surface area contributed by atoms with Crippen LogP contribution in [0.15, 0.2) is 0 Å². The highest BCUT2D eigenvalue weighted by Crippen LogP contribution is 2.45. The molecule has 1 aliphatic carbocycles. The molecule has 1 saturated carbocycles. The highest BCUT2D eigenvalue weighted by molar-refractivity contribution is 4.90. The molecule has 102 valence electrons. The molecule has 1 nitrogen and oxygen atoms in total. The molecular weight excluding hydrogens is 208 g/mol. The third kappa shape index (κ3) is 3.98. The summed E-state index contributed by atoms with van der Waals surface area (Å²) in [6.07, 6.45) is 12.5. The van der Waals surface area contributed by atoms with Crippen LogP contribution in [0.5, 0.6) is 0 Å². The normalized spacial score (nSPS) is 22.6. The molecule has 0 aromatic carbocycles. The van der Waals surface area contributed by atoms with Crippen molar-refractivity contribution in [2.24, 2.45) is 11.3 Å². The van der Waals surface area contributed by atoms with Gasteiger partial charge in [-0.25, -0.2) is 0 Å². The van der Waals surface area contributed by atoms with Crippen molar-refractivity contribution in [3.05, 3.63) is 0 Å². The zero-order valence-electron chi connectivity index (χ0n) is 12.2. The molecule has 2 atom stereocenters. The van der Waals surface area contributed by atoms with Crippen molar-refractivity contribution in [2.75, 3.05) is 0 Å². The van der Waals surface area contributed by atoms with E-state index in [0.29, 0.717) is 0 Å². The molecule has 2 unspecified atom stereocenters. The molecule has 0 heterocycles. The van der Waals surface area contributed by atoms with E-state index in [1.165, 1.54) is 57.8 Å². The molecule has 0 aliphatic heterocycles. The third-order valence-electron chi connectivity index (χ3n) is 5.11. The van der Waals surface area contributed by atoms with Gasteiger partial charge in [0, 0.05) is 0 Å². The standard InChI is InChI=1S/C16H32O/c1-4-7-10-14(5-2)13-15(17)16(6-3)11-8-9-12-16/h14-15,17H,4-13H2,1-3H3. The number of hydrogen-bond donors (Lipinski definition) is 1. The maximum Gasteiger partial charge on any atom is 0.0599 e. The Morgan fingerprint density at radius 1 is 1.12 bits per heavy atom. The van der Waals surface area contributed by atoms with Crippen LogP contribution >= 0.6 is 0 Å². The second-order valence-electron chi connectivity index (χ2n) is 6.09. The van der Waals surface area contributed by atoms with E-state index in [1.807, 2.05) is 0 Å². The van der Waals surface area contributed by atoms with Gasteiger partial charge in [0.2, 0.25) is 0 Å². The van der Waals surface area contributed by atoms with Gasteiger partial charge in [0.05, 0.1) is 6.10 Å². The molecule has 1 aliphatic rings. The van der Waals surface area contributed by atoms with E-state index in [-0.39, 0.29) is 11.5 Å². The van der Waals surface area contributed by atoms with Crippen LogP contribution in [0.25, 0.3) is 0 Å². The van der Waals surface area contributed by atoms with Gasteiger partial charge in [-0.1, -0.05) is 59.3 Å². The quantitative estimate of drug-likeness (QED) is 0.638. The number of rotatable bonds is 8. The Morgan fingerprint density at radius 2 is 1.76 bits per heavy atom. The van der Waals surface area contributed by atoms with Crippen molar-refractivity contribution in [1.82, 2.24) is 0 Å². The number of aliphatic hydroxyl groups excluding tert-OH is 1. The van der Waals surface area contributed by atoms with E-state index in [0.717, 1.165) is 12.3 Å². The first-order valence-electron chi connectivity index (χ1n) is 7.86. The summed E-state index contributed by atoms with van der Waals surface area (Å²) < 4.78 is 0. The maximum absolute atomic E-state index is 10.6. The van der Waals surface area contributed by atoms with Gasteiger partial charge < -0.3 is 5.11 Å². The third-order valence-corrected chi connectivity index (χ3v) is 5.11. The highest BCUT2D eigenvalue weighted by Gasteiger charge is 2.39. The van der Waals surface area contributed by atoms with E-state index in [4.69, 9.17) is 0 Å². The molecule has 0 radical (unpaired) electrons. The van der Waals surface area contributed by atoms with E-state index in [9.17, 15) is 5.11 Å². The lowest BCUT2D eigenvalue weighted by molar-refractivity contribution is 0.00545. The molecule has 0 amide bonds. The van der Waals surface area contributed by atoms with Gasteiger partial charge in [-0.05, 0) is 37.0 Å². The number of aliphatic hydroxyl groups is 1. The van der Waals surface area contributed by atoms with Crippen LogP contribution < -0.4 is 0 Å².